The van der Waals surface area contributed by atoms with E-state index in [1.165, 1.54) is 18.7 Å². The van der Waals surface area contributed by atoms with Crippen LogP contribution in [-0.4, -0.2) is 67.3 Å². The van der Waals surface area contributed by atoms with Gasteiger partial charge in [0.2, 0.25) is 0 Å². The predicted octanol–water partition coefficient (Wildman–Crippen LogP) is 1.40. The van der Waals surface area contributed by atoms with Crippen LogP contribution >= 0.6 is 11.8 Å². The first-order valence-electron chi connectivity index (χ1n) is 10.2. The standard InChI is InChI=1S/C22H22N4O6S/c1-11-16(12(2)26(24-11)15-7-5-4-6-8-15)19(28)23-17-20(29)25-18(22(30)31)14(9-32-13(3)27)10-33-21(17)25/h4-8,17,21H,9-10H2,1-3H3,(H,23,28)(H,30,31)/t17-,21-/m1/s1. The number of carboxylic acids is 1. The van der Waals surface area contributed by atoms with Gasteiger partial charge in [-0.15, -0.1) is 11.8 Å². The van der Waals surface area contributed by atoms with E-state index in [1.54, 1.807) is 18.5 Å². The molecular weight excluding hydrogens is 448 g/mol. The predicted molar refractivity (Wildman–Crippen MR) is 119 cm³/mol. The highest BCUT2D eigenvalue weighted by Crippen LogP contribution is 2.40. The molecule has 4 rings (SSSR count). The summed E-state index contributed by atoms with van der Waals surface area (Å²) in [6.07, 6.45) is 0. The molecule has 2 N–H and O–H groups in total. The number of aliphatic carboxylic acids is 1. The van der Waals surface area contributed by atoms with Crippen molar-refractivity contribution in [3.8, 4) is 5.69 Å². The molecule has 10 nitrogen and oxygen atoms in total. The Labute approximate surface area is 193 Å². The number of ether oxygens (including phenoxy) is 1. The number of amides is 2. The Balaban J connectivity index is 1.54. The van der Waals surface area contributed by atoms with Gasteiger partial charge in [-0.2, -0.15) is 5.10 Å². The Morgan fingerprint density at radius 3 is 2.58 bits per heavy atom. The van der Waals surface area contributed by atoms with Crippen LogP contribution in [0.4, 0.5) is 0 Å². The second-order valence-electron chi connectivity index (χ2n) is 7.69. The molecule has 1 aromatic heterocycles. The molecule has 1 aromatic carbocycles. The number of hydrogen-bond donors (Lipinski definition) is 2. The van der Waals surface area contributed by atoms with Crippen molar-refractivity contribution < 1.29 is 29.0 Å². The van der Waals surface area contributed by atoms with Gasteiger partial charge in [-0.1, -0.05) is 18.2 Å². The van der Waals surface area contributed by atoms with Crippen molar-refractivity contribution in [3.05, 3.63) is 58.6 Å². The zero-order valence-corrected chi connectivity index (χ0v) is 19.0. The number of carbonyl (C=O) groups excluding carboxylic acids is 3. The highest BCUT2D eigenvalue weighted by atomic mass is 32.2. The van der Waals surface area contributed by atoms with Crippen molar-refractivity contribution >= 4 is 35.5 Å². The summed E-state index contributed by atoms with van der Waals surface area (Å²) < 4.78 is 6.60. The quantitative estimate of drug-likeness (QED) is 0.479. The minimum absolute atomic E-state index is 0.195. The summed E-state index contributed by atoms with van der Waals surface area (Å²) >= 11 is 1.31. The highest BCUT2D eigenvalue weighted by molar-refractivity contribution is 8.00. The molecule has 0 aliphatic carbocycles. The Bertz CT molecular complexity index is 1190. The second kappa shape index (κ2) is 8.74. The smallest absolute Gasteiger partial charge is 0.352 e. The lowest BCUT2D eigenvalue weighted by atomic mass is 10.0. The molecule has 0 radical (unpaired) electrons. The Morgan fingerprint density at radius 1 is 1.24 bits per heavy atom. The number of benzene rings is 1. The van der Waals surface area contributed by atoms with Gasteiger partial charge in [0.1, 0.15) is 23.7 Å². The first-order chi connectivity index (χ1) is 15.7. The fourth-order valence-corrected chi connectivity index (χ4v) is 5.32. The number of para-hydroxylation sites is 1. The van der Waals surface area contributed by atoms with Gasteiger partial charge in [0.15, 0.2) is 0 Å². The molecule has 33 heavy (non-hydrogen) atoms. The maximum atomic E-state index is 13.1. The van der Waals surface area contributed by atoms with Gasteiger partial charge in [-0.3, -0.25) is 19.3 Å². The lowest BCUT2D eigenvalue weighted by molar-refractivity contribution is -0.149. The number of carbonyl (C=O) groups is 4. The molecular formula is C22H22N4O6S. The van der Waals surface area contributed by atoms with Crippen molar-refractivity contribution in [2.75, 3.05) is 12.4 Å². The minimum atomic E-state index is -1.28. The number of thioether (sulfide) groups is 1. The monoisotopic (exact) mass is 470 g/mol. The number of fused-ring (bicyclic) bond motifs is 1. The summed E-state index contributed by atoms with van der Waals surface area (Å²) in [5.41, 5.74) is 2.47. The number of nitrogens with zero attached hydrogens (tertiary/aromatic N) is 3. The van der Waals surface area contributed by atoms with E-state index in [2.05, 4.69) is 10.4 Å². The summed E-state index contributed by atoms with van der Waals surface area (Å²) in [7, 11) is 0. The average molecular weight is 471 g/mol. The molecule has 2 atom stereocenters. The van der Waals surface area contributed by atoms with Crippen molar-refractivity contribution in [1.29, 1.82) is 0 Å². The van der Waals surface area contributed by atoms with Crippen LogP contribution in [0.3, 0.4) is 0 Å². The number of nitrogens with one attached hydrogen (secondary N) is 1. The first-order valence-corrected chi connectivity index (χ1v) is 11.2. The van der Waals surface area contributed by atoms with Gasteiger partial charge in [0.25, 0.3) is 11.8 Å². The highest BCUT2D eigenvalue weighted by Gasteiger charge is 2.54. The van der Waals surface area contributed by atoms with E-state index in [0.717, 1.165) is 10.6 Å². The third-order valence-corrected chi connectivity index (χ3v) is 6.84. The molecule has 0 spiro atoms. The van der Waals surface area contributed by atoms with Crippen molar-refractivity contribution in [3.63, 3.8) is 0 Å². The summed E-state index contributed by atoms with van der Waals surface area (Å²) in [6, 6.07) is 8.51. The van der Waals surface area contributed by atoms with Gasteiger partial charge in [0, 0.05) is 18.2 Å². The number of aromatic nitrogens is 2. The fraction of sp³-hybridized carbons (Fsp3) is 0.318. The maximum Gasteiger partial charge on any atom is 0.352 e. The molecule has 2 aliphatic rings. The molecule has 0 saturated carbocycles. The maximum absolute atomic E-state index is 13.1. The number of carboxylic acid groups (broad SMARTS) is 1. The van der Waals surface area contributed by atoms with E-state index in [-0.39, 0.29) is 18.1 Å². The zero-order chi connectivity index (χ0) is 23.9. The molecule has 1 fully saturated rings. The third-order valence-electron chi connectivity index (χ3n) is 5.51. The molecule has 11 heteroatoms. The molecule has 2 aliphatic heterocycles. The molecule has 1 saturated heterocycles. The van der Waals surface area contributed by atoms with E-state index in [9.17, 15) is 24.3 Å². The van der Waals surface area contributed by atoms with Crippen molar-refractivity contribution in [1.82, 2.24) is 20.0 Å². The fourth-order valence-electron chi connectivity index (χ4n) is 3.99. The van der Waals surface area contributed by atoms with E-state index < -0.39 is 35.2 Å². The van der Waals surface area contributed by atoms with Gasteiger partial charge >= 0.3 is 11.9 Å². The molecule has 3 heterocycles. The molecule has 0 unspecified atom stereocenters. The van der Waals surface area contributed by atoms with Crippen LogP contribution in [0.1, 0.15) is 28.7 Å². The summed E-state index contributed by atoms with van der Waals surface area (Å²) in [4.78, 5) is 50.0. The Hall–Kier alpha value is -3.60. The van der Waals surface area contributed by atoms with E-state index in [0.29, 0.717) is 22.5 Å². The van der Waals surface area contributed by atoms with Gasteiger partial charge < -0.3 is 15.2 Å². The first kappa shape index (κ1) is 22.6. The van der Waals surface area contributed by atoms with Gasteiger partial charge in [-0.05, 0) is 26.0 Å². The van der Waals surface area contributed by atoms with Crippen molar-refractivity contribution in [2.45, 2.75) is 32.2 Å². The number of β-lactam (4-membered cyclic amide) rings is 1. The second-order valence-corrected chi connectivity index (χ2v) is 8.80. The van der Waals surface area contributed by atoms with Crippen LogP contribution in [0.5, 0.6) is 0 Å². The number of hydrogen-bond acceptors (Lipinski definition) is 7. The SMILES string of the molecule is CC(=O)OCC1=C(C(=O)O)N2C(=O)[C@@H](NC(=O)c3c(C)nn(-c4ccccc4)c3C)[C@H]2SC1. The summed E-state index contributed by atoms with van der Waals surface area (Å²) in [5, 5.41) is 16.3. The van der Waals surface area contributed by atoms with Crippen LogP contribution < -0.4 is 5.32 Å². The van der Waals surface area contributed by atoms with E-state index in [1.807, 2.05) is 30.3 Å². The molecule has 172 valence electrons. The molecule has 2 amide bonds. The lowest BCUT2D eigenvalue weighted by Gasteiger charge is -2.49. The number of esters is 1. The van der Waals surface area contributed by atoms with Gasteiger partial charge in [-0.25, -0.2) is 9.48 Å². The van der Waals surface area contributed by atoms with Crippen LogP contribution in [0.2, 0.25) is 0 Å². The normalized spacial score (nSPS) is 19.6. The topological polar surface area (TPSA) is 131 Å². The Morgan fingerprint density at radius 2 is 1.94 bits per heavy atom. The average Bonchev–Trinajstić information content (AvgIpc) is 3.09. The molecule has 0 bridgehead atoms. The third kappa shape index (κ3) is 3.99. The molecule has 2 aromatic rings. The van der Waals surface area contributed by atoms with E-state index in [4.69, 9.17) is 4.74 Å². The number of aryl methyl sites for hydroxylation is 1. The summed E-state index contributed by atoms with van der Waals surface area (Å²) in [6.45, 7) is 4.52. The van der Waals surface area contributed by atoms with Crippen LogP contribution in [-0.2, 0) is 19.1 Å². The lowest BCUT2D eigenvalue weighted by Crippen LogP contribution is -2.70. The van der Waals surface area contributed by atoms with Crippen LogP contribution in [0.15, 0.2) is 41.6 Å². The van der Waals surface area contributed by atoms with Crippen LogP contribution in [0, 0.1) is 13.8 Å². The number of rotatable bonds is 6. The van der Waals surface area contributed by atoms with Crippen molar-refractivity contribution in [2.24, 2.45) is 0 Å². The minimum Gasteiger partial charge on any atom is -0.477 e. The zero-order valence-electron chi connectivity index (χ0n) is 18.2. The summed E-state index contributed by atoms with van der Waals surface area (Å²) in [5.74, 6) is -2.53. The Kier molecular flexibility index (Phi) is 5.98. The van der Waals surface area contributed by atoms with Gasteiger partial charge in [0.05, 0.1) is 22.6 Å². The van der Waals surface area contributed by atoms with Crippen LogP contribution in [0.25, 0.3) is 5.69 Å². The largest absolute Gasteiger partial charge is 0.477 e. The van der Waals surface area contributed by atoms with E-state index >= 15 is 0 Å².